The predicted octanol–water partition coefficient (Wildman–Crippen LogP) is 3.02. The summed E-state index contributed by atoms with van der Waals surface area (Å²) in [6, 6.07) is 4.21. The summed E-state index contributed by atoms with van der Waals surface area (Å²) in [7, 11) is 0. The third kappa shape index (κ3) is 2.47. The molecule has 0 bridgehead atoms. The molecular weight excluding hydrogens is 240 g/mol. The Kier molecular flexibility index (Phi) is 3.80. The number of ether oxygens (including phenoxy) is 1. The topological polar surface area (TPSA) is 50.1 Å². The number of Topliss-reactive ketones (excluding diaryl/α,β-unsaturated/α-hetero) is 1. The van der Waals surface area contributed by atoms with Crippen LogP contribution in [0.2, 0.25) is 5.02 Å². The van der Waals surface area contributed by atoms with E-state index in [1.54, 1.807) is 6.07 Å². The first-order chi connectivity index (χ1) is 7.47. The predicted molar refractivity (Wildman–Crippen MR) is 52.8 cm³/mol. The summed E-state index contributed by atoms with van der Waals surface area (Å²) < 4.78 is 28.4. The fourth-order valence-corrected chi connectivity index (χ4v) is 1.38. The number of hydrogen-bond donors (Lipinski definition) is 0. The molecule has 0 aliphatic carbocycles. The van der Waals surface area contributed by atoms with Gasteiger partial charge in [-0.15, -0.1) is 0 Å². The van der Waals surface area contributed by atoms with Crippen molar-refractivity contribution in [3.05, 3.63) is 28.3 Å². The van der Waals surface area contributed by atoms with Crippen LogP contribution in [-0.2, 0) is 0 Å². The number of carbonyl (C=O) groups is 1. The average Bonchev–Trinajstić information content (AvgIpc) is 2.19. The maximum Gasteiger partial charge on any atom is 0.387 e. The second kappa shape index (κ2) is 4.90. The molecule has 0 atom stereocenters. The highest BCUT2D eigenvalue weighted by Gasteiger charge is 2.19. The Bertz CT molecular complexity index is 469. The molecule has 0 saturated heterocycles. The normalized spacial score (nSPS) is 10.0. The lowest BCUT2D eigenvalue weighted by Gasteiger charge is -2.11. The molecule has 1 aromatic rings. The van der Waals surface area contributed by atoms with Crippen molar-refractivity contribution in [2.24, 2.45) is 0 Å². The van der Waals surface area contributed by atoms with Crippen LogP contribution in [0.5, 0.6) is 5.75 Å². The second-order valence-electron chi connectivity index (χ2n) is 2.85. The van der Waals surface area contributed by atoms with Gasteiger partial charge in [-0.3, -0.25) is 4.79 Å². The number of ketones is 1. The molecule has 0 aromatic heterocycles. The van der Waals surface area contributed by atoms with Gasteiger partial charge in [-0.2, -0.15) is 14.0 Å². The molecular formula is C10H6ClF2NO2. The lowest BCUT2D eigenvalue weighted by atomic mass is 10.1. The number of alkyl halides is 2. The molecule has 0 amide bonds. The summed E-state index contributed by atoms with van der Waals surface area (Å²) in [6.45, 7) is -1.92. The Morgan fingerprint density at radius 1 is 1.56 bits per heavy atom. The van der Waals surface area contributed by atoms with Crippen molar-refractivity contribution >= 4 is 17.4 Å². The quantitative estimate of drug-likeness (QED) is 0.769. The van der Waals surface area contributed by atoms with Gasteiger partial charge in [-0.05, 0) is 19.1 Å². The Morgan fingerprint density at radius 2 is 2.19 bits per heavy atom. The van der Waals surface area contributed by atoms with Gasteiger partial charge in [0.1, 0.15) is 11.1 Å². The van der Waals surface area contributed by atoms with Gasteiger partial charge in [0.05, 0.1) is 11.1 Å². The zero-order valence-corrected chi connectivity index (χ0v) is 8.89. The molecule has 1 rings (SSSR count). The zero-order chi connectivity index (χ0) is 12.3. The lowest BCUT2D eigenvalue weighted by molar-refractivity contribution is -0.0500. The summed E-state index contributed by atoms with van der Waals surface area (Å²) in [5, 5.41) is 8.36. The molecule has 0 unspecified atom stereocenters. The number of rotatable bonds is 3. The third-order valence-corrected chi connectivity index (χ3v) is 2.18. The van der Waals surface area contributed by atoms with Crippen LogP contribution in [0.15, 0.2) is 12.1 Å². The minimum absolute atomic E-state index is 0.0256. The fraction of sp³-hybridized carbons (Fsp3) is 0.200. The summed E-state index contributed by atoms with van der Waals surface area (Å²) in [5.74, 6) is -0.926. The number of hydrogen-bond acceptors (Lipinski definition) is 3. The first kappa shape index (κ1) is 12.4. The van der Waals surface area contributed by atoms with Crippen molar-refractivity contribution in [1.29, 1.82) is 5.26 Å². The van der Waals surface area contributed by atoms with Gasteiger partial charge in [0.25, 0.3) is 0 Å². The highest BCUT2D eigenvalue weighted by atomic mass is 35.5. The lowest BCUT2D eigenvalue weighted by Crippen LogP contribution is -2.07. The molecule has 0 N–H and O–H groups in total. The SMILES string of the molecule is CC(=O)c1ccc(C#N)c(Cl)c1OC(F)F. The molecule has 6 heteroatoms. The molecule has 0 radical (unpaired) electrons. The standard InChI is InChI=1S/C10H6ClF2NO2/c1-5(15)7-3-2-6(4-14)8(11)9(7)16-10(12)13/h2-3,10H,1H3. The van der Waals surface area contributed by atoms with E-state index in [2.05, 4.69) is 4.74 Å². The number of nitrogens with zero attached hydrogens (tertiary/aromatic N) is 1. The van der Waals surface area contributed by atoms with Crippen LogP contribution in [0, 0.1) is 11.3 Å². The van der Waals surface area contributed by atoms with Gasteiger partial charge in [-0.25, -0.2) is 0 Å². The molecule has 0 aliphatic heterocycles. The van der Waals surface area contributed by atoms with Crippen LogP contribution in [0.1, 0.15) is 22.8 Å². The average molecular weight is 246 g/mol. The van der Waals surface area contributed by atoms with E-state index in [9.17, 15) is 13.6 Å². The van der Waals surface area contributed by atoms with Crippen LogP contribution < -0.4 is 4.74 Å². The Labute approximate surface area is 95.2 Å². The molecule has 16 heavy (non-hydrogen) atoms. The molecule has 0 saturated carbocycles. The van der Waals surface area contributed by atoms with Crippen LogP contribution >= 0.6 is 11.6 Å². The minimum atomic E-state index is -3.11. The van der Waals surface area contributed by atoms with Crippen molar-refractivity contribution < 1.29 is 18.3 Å². The highest BCUT2D eigenvalue weighted by Crippen LogP contribution is 2.33. The smallest absolute Gasteiger partial charge is 0.387 e. The maximum absolute atomic E-state index is 12.1. The van der Waals surface area contributed by atoms with Crippen molar-refractivity contribution in [3.63, 3.8) is 0 Å². The first-order valence-electron chi connectivity index (χ1n) is 4.15. The van der Waals surface area contributed by atoms with Crippen LogP contribution in [0.4, 0.5) is 8.78 Å². The van der Waals surface area contributed by atoms with E-state index in [-0.39, 0.29) is 16.1 Å². The first-order valence-corrected chi connectivity index (χ1v) is 4.53. The Balaban J connectivity index is 3.38. The van der Waals surface area contributed by atoms with E-state index in [0.717, 1.165) is 0 Å². The molecule has 1 aromatic carbocycles. The monoisotopic (exact) mass is 245 g/mol. The largest absolute Gasteiger partial charge is 0.432 e. The van der Waals surface area contributed by atoms with Gasteiger partial charge in [-0.1, -0.05) is 11.6 Å². The molecule has 0 spiro atoms. The minimum Gasteiger partial charge on any atom is -0.432 e. The van der Waals surface area contributed by atoms with Gasteiger partial charge in [0.2, 0.25) is 0 Å². The van der Waals surface area contributed by atoms with Crippen LogP contribution in [0.3, 0.4) is 0 Å². The van der Waals surface area contributed by atoms with Crippen LogP contribution in [-0.4, -0.2) is 12.4 Å². The van der Waals surface area contributed by atoms with Crippen molar-refractivity contribution in [1.82, 2.24) is 0 Å². The van der Waals surface area contributed by atoms with E-state index in [4.69, 9.17) is 16.9 Å². The Morgan fingerprint density at radius 3 is 2.62 bits per heavy atom. The zero-order valence-electron chi connectivity index (χ0n) is 8.13. The van der Waals surface area contributed by atoms with Crippen molar-refractivity contribution in [2.75, 3.05) is 0 Å². The second-order valence-corrected chi connectivity index (χ2v) is 3.23. The molecule has 84 valence electrons. The molecule has 0 aliphatic rings. The van der Waals surface area contributed by atoms with Gasteiger partial charge in [0.15, 0.2) is 11.5 Å². The molecule has 0 heterocycles. The number of benzene rings is 1. The summed E-state index contributed by atoms with van der Waals surface area (Å²) in [6.07, 6.45) is 0. The van der Waals surface area contributed by atoms with Gasteiger partial charge >= 0.3 is 6.61 Å². The fourth-order valence-electron chi connectivity index (χ4n) is 1.12. The van der Waals surface area contributed by atoms with Gasteiger partial charge in [0, 0.05) is 0 Å². The number of nitriles is 1. The van der Waals surface area contributed by atoms with E-state index >= 15 is 0 Å². The van der Waals surface area contributed by atoms with E-state index in [1.807, 2.05) is 0 Å². The van der Waals surface area contributed by atoms with Crippen molar-refractivity contribution in [2.45, 2.75) is 13.5 Å². The third-order valence-electron chi connectivity index (χ3n) is 1.80. The van der Waals surface area contributed by atoms with Crippen molar-refractivity contribution in [3.8, 4) is 11.8 Å². The van der Waals surface area contributed by atoms with E-state index in [1.165, 1.54) is 19.1 Å². The number of carbonyl (C=O) groups excluding carboxylic acids is 1. The summed E-state index contributed by atoms with van der Waals surface area (Å²) >= 11 is 5.67. The van der Waals surface area contributed by atoms with Gasteiger partial charge < -0.3 is 4.74 Å². The summed E-state index contributed by atoms with van der Waals surface area (Å²) in [5.41, 5.74) is -0.105. The van der Waals surface area contributed by atoms with Crippen LogP contribution in [0.25, 0.3) is 0 Å². The maximum atomic E-state index is 12.1. The molecule has 3 nitrogen and oxygen atoms in total. The summed E-state index contributed by atoms with van der Waals surface area (Å²) in [4.78, 5) is 11.1. The Hall–Kier alpha value is -1.67. The number of halogens is 3. The highest BCUT2D eigenvalue weighted by molar-refractivity contribution is 6.33. The molecule has 0 fully saturated rings. The van der Waals surface area contributed by atoms with E-state index < -0.39 is 18.1 Å². The van der Waals surface area contributed by atoms with E-state index in [0.29, 0.717) is 0 Å².